The lowest BCUT2D eigenvalue weighted by molar-refractivity contribution is 0.0949. The average Bonchev–Trinajstić information content (AvgIpc) is 2.83. The number of hydrogen-bond acceptors (Lipinski definition) is 4. The molecule has 0 saturated heterocycles. The molecule has 5 heteroatoms. The van der Waals surface area contributed by atoms with Crippen LogP contribution in [-0.2, 0) is 0 Å². The molecule has 100 valence electrons. The van der Waals surface area contributed by atoms with Gasteiger partial charge in [0, 0.05) is 24.6 Å². The van der Waals surface area contributed by atoms with Crippen molar-refractivity contribution in [3.05, 3.63) is 35.7 Å². The molecular formula is C14H17N3O2. The molecule has 0 radical (unpaired) electrons. The second-order valence-corrected chi connectivity index (χ2v) is 4.81. The average molecular weight is 259 g/mol. The van der Waals surface area contributed by atoms with E-state index in [0.29, 0.717) is 29.8 Å². The summed E-state index contributed by atoms with van der Waals surface area (Å²) in [7, 11) is 0. The topological polar surface area (TPSA) is 68.0 Å². The minimum Gasteiger partial charge on any atom is -0.421 e. The van der Waals surface area contributed by atoms with E-state index in [0.717, 1.165) is 5.56 Å². The van der Waals surface area contributed by atoms with Crippen LogP contribution < -0.4 is 5.32 Å². The van der Waals surface area contributed by atoms with E-state index < -0.39 is 0 Å². The highest BCUT2D eigenvalue weighted by Gasteiger charge is 2.09. The summed E-state index contributed by atoms with van der Waals surface area (Å²) in [5, 5.41) is 10.6. The molecule has 0 saturated carbocycles. The smallest absolute Gasteiger partial charge is 0.251 e. The van der Waals surface area contributed by atoms with Gasteiger partial charge in [0.25, 0.3) is 5.91 Å². The Morgan fingerprint density at radius 3 is 2.47 bits per heavy atom. The van der Waals surface area contributed by atoms with Crippen LogP contribution in [0.5, 0.6) is 0 Å². The zero-order chi connectivity index (χ0) is 13.8. The fraction of sp³-hybridized carbons (Fsp3) is 0.357. The number of aryl methyl sites for hydroxylation is 1. The van der Waals surface area contributed by atoms with Gasteiger partial charge in [-0.15, -0.1) is 10.2 Å². The fourth-order valence-corrected chi connectivity index (χ4v) is 1.58. The van der Waals surface area contributed by atoms with E-state index >= 15 is 0 Å². The highest BCUT2D eigenvalue weighted by molar-refractivity contribution is 5.94. The highest BCUT2D eigenvalue weighted by Crippen LogP contribution is 2.18. The maximum Gasteiger partial charge on any atom is 0.251 e. The van der Waals surface area contributed by atoms with Crippen molar-refractivity contribution < 1.29 is 9.21 Å². The molecular weight excluding hydrogens is 242 g/mol. The second-order valence-electron chi connectivity index (χ2n) is 4.81. The molecule has 5 nitrogen and oxygen atoms in total. The van der Waals surface area contributed by atoms with Gasteiger partial charge in [-0.25, -0.2) is 0 Å². The van der Waals surface area contributed by atoms with Crippen LogP contribution in [0.25, 0.3) is 11.5 Å². The van der Waals surface area contributed by atoms with Gasteiger partial charge < -0.3 is 9.73 Å². The number of hydrogen-bond donors (Lipinski definition) is 1. The normalized spacial score (nSPS) is 10.7. The van der Waals surface area contributed by atoms with E-state index in [-0.39, 0.29) is 5.91 Å². The van der Waals surface area contributed by atoms with Gasteiger partial charge in [-0.3, -0.25) is 4.79 Å². The molecule has 1 amide bonds. The molecule has 1 heterocycles. The minimum absolute atomic E-state index is 0.0676. The Hall–Kier alpha value is -2.17. The van der Waals surface area contributed by atoms with Crippen molar-refractivity contribution in [2.45, 2.75) is 20.8 Å². The van der Waals surface area contributed by atoms with Crippen molar-refractivity contribution >= 4 is 5.91 Å². The van der Waals surface area contributed by atoms with Gasteiger partial charge >= 0.3 is 0 Å². The first kappa shape index (κ1) is 13.3. The van der Waals surface area contributed by atoms with E-state index in [2.05, 4.69) is 29.4 Å². The van der Waals surface area contributed by atoms with Crippen molar-refractivity contribution in [1.82, 2.24) is 15.5 Å². The van der Waals surface area contributed by atoms with Crippen LogP contribution >= 0.6 is 0 Å². The lowest BCUT2D eigenvalue weighted by Crippen LogP contribution is -2.27. The number of rotatable bonds is 4. The highest BCUT2D eigenvalue weighted by atomic mass is 16.4. The van der Waals surface area contributed by atoms with E-state index in [1.54, 1.807) is 31.2 Å². The third kappa shape index (κ3) is 3.40. The summed E-state index contributed by atoms with van der Waals surface area (Å²) < 4.78 is 5.33. The molecule has 2 rings (SSSR count). The predicted octanol–water partition coefficient (Wildman–Crippen LogP) is 2.43. The van der Waals surface area contributed by atoms with Gasteiger partial charge in [0.1, 0.15) is 0 Å². The lowest BCUT2D eigenvalue weighted by atomic mass is 10.1. The summed E-state index contributed by atoms with van der Waals surface area (Å²) in [6, 6.07) is 7.11. The maximum atomic E-state index is 11.8. The minimum atomic E-state index is -0.0676. The molecule has 2 aromatic rings. The largest absolute Gasteiger partial charge is 0.421 e. The fourth-order valence-electron chi connectivity index (χ4n) is 1.58. The van der Waals surface area contributed by atoms with Gasteiger partial charge in [-0.1, -0.05) is 13.8 Å². The van der Waals surface area contributed by atoms with E-state index in [1.165, 1.54) is 0 Å². The first-order valence-electron chi connectivity index (χ1n) is 6.25. The third-order valence-electron chi connectivity index (χ3n) is 2.59. The zero-order valence-electron chi connectivity index (χ0n) is 11.3. The summed E-state index contributed by atoms with van der Waals surface area (Å²) in [6.07, 6.45) is 0. The number of benzene rings is 1. The summed E-state index contributed by atoms with van der Waals surface area (Å²) in [4.78, 5) is 11.8. The number of aromatic nitrogens is 2. The van der Waals surface area contributed by atoms with Crippen LogP contribution in [0.4, 0.5) is 0 Å². The Labute approximate surface area is 112 Å². The quantitative estimate of drug-likeness (QED) is 0.915. The van der Waals surface area contributed by atoms with Gasteiger partial charge in [0.15, 0.2) is 0 Å². The van der Waals surface area contributed by atoms with E-state index in [9.17, 15) is 4.79 Å². The van der Waals surface area contributed by atoms with Crippen LogP contribution in [0, 0.1) is 12.8 Å². The van der Waals surface area contributed by atoms with Crippen LogP contribution in [0.15, 0.2) is 28.7 Å². The molecule has 0 fully saturated rings. The zero-order valence-corrected chi connectivity index (χ0v) is 11.3. The third-order valence-corrected chi connectivity index (χ3v) is 2.59. The molecule has 0 spiro atoms. The van der Waals surface area contributed by atoms with E-state index in [1.807, 2.05) is 0 Å². The van der Waals surface area contributed by atoms with E-state index in [4.69, 9.17) is 4.42 Å². The molecule has 1 aromatic heterocycles. The second kappa shape index (κ2) is 5.65. The Morgan fingerprint density at radius 1 is 1.26 bits per heavy atom. The number of nitrogens with one attached hydrogen (secondary N) is 1. The Balaban J connectivity index is 2.08. The van der Waals surface area contributed by atoms with Crippen molar-refractivity contribution in [2.75, 3.05) is 6.54 Å². The van der Waals surface area contributed by atoms with Crippen LogP contribution in [0.2, 0.25) is 0 Å². The summed E-state index contributed by atoms with van der Waals surface area (Å²) in [5.74, 6) is 1.35. The van der Waals surface area contributed by atoms with Crippen LogP contribution in [0.3, 0.4) is 0 Å². The van der Waals surface area contributed by atoms with Crippen LogP contribution in [0.1, 0.15) is 30.1 Å². The van der Waals surface area contributed by atoms with Crippen LogP contribution in [-0.4, -0.2) is 22.6 Å². The van der Waals surface area contributed by atoms with Gasteiger partial charge in [0.2, 0.25) is 11.8 Å². The van der Waals surface area contributed by atoms with Crippen molar-refractivity contribution in [1.29, 1.82) is 0 Å². The molecule has 1 N–H and O–H groups in total. The maximum absolute atomic E-state index is 11.8. The molecule has 1 aromatic carbocycles. The van der Waals surface area contributed by atoms with Gasteiger partial charge in [0.05, 0.1) is 0 Å². The van der Waals surface area contributed by atoms with Gasteiger partial charge in [-0.2, -0.15) is 0 Å². The van der Waals surface area contributed by atoms with Crippen molar-refractivity contribution in [3.8, 4) is 11.5 Å². The number of amides is 1. The Kier molecular flexibility index (Phi) is 3.94. The summed E-state index contributed by atoms with van der Waals surface area (Å²) >= 11 is 0. The predicted molar refractivity (Wildman–Crippen MR) is 71.6 cm³/mol. The molecule has 0 aliphatic carbocycles. The number of carbonyl (C=O) groups is 1. The number of nitrogens with zero attached hydrogens (tertiary/aromatic N) is 2. The molecule has 19 heavy (non-hydrogen) atoms. The monoisotopic (exact) mass is 259 g/mol. The molecule has 0 atom stereocenters. The SMILES string of the molecule is Cc1nnc(-c2ccc(C(=O)NCC(C)C)cc2)o1. The van der Waals surface area contributed by atoms with Crippen molar-refractivity contribution in [3.63, 3.8) is 0 Å². The van der Waals surface area contributed by atoms with Gasteiger partial charge in [-0.05, 0) is 30.2 Å². The first-order chi connectivity index (χ1) is 9.06. The standard InChI is InChI=1S/C14H17N3O2/c1-9(2)8-15-13(18)11-4-6-12(7-5-11)14-17-16-10(3)19-14/h4-7,9H,8H2,1-3H3,(H,15,18). The molecule has 0 aliphatic heterocycles. The Morgan fingerprint density at radius 2 is 1.95 bits per heavy atom. The number of carbonyl (C=O) groups excluding carboxylic acids is 1. The summed E-state index contributed by atoms with van der Waals surface area (Å²) in [6.45, 7) is 6.52. The Bertz CT molecular complexity index is 558. The molecule has 0 bridgehead atoms. The molecule has 0 unspecified atom stereocenters. The molecule has 0 aliphatic rings. The van der Waals surface area contributed by atoms with Crippen molar-refractivity contribution in [2.24, 2.45) is 5.92 Å². The lowest BCUT2D eigenvalue weighted by Gasteiger charge is -2.07. The first-order valence-corrected chi connectivity index (χ1v) is 6.25. The summed E-state index contributed by atoms with van der Waals surface area (Å²) in [5.41, 5.74) is 1.43.